The molecule has 1 aliphatic rings. The van der Waals surface area contributed by atoms with E-state index in [9.17, 15) is 0 Å². The minimum Gasteiger partial charge on any atom is -0.497 e. The summed E-state index contributed by atoms with van der Waals surface area (Å²) in [6.45, 7) is 1.07. The maximum atomic E-state index is 5.29. The van der Waals surface area contributed by atoms with Crippen molar-refractivity contribution in [2.24, 2.45) is 0 Å². The molecule has 2 aromatic rings. The molecule has 0 aromatic heterocycles. The van der Waals surface area contributed by atoms with Crippen LogP contribution in [0.4, 0.5) is 17.1 Å². The standard InChI is InChI=1S/C17H20N2O/c1-19(14-6-3-7-16(11-14)20-2)15-9-8-13-5-4-10-18-17(13)12-15/h3,6-9,11-12,18H,4-5,10H2,1-2H3. The van der Waals surface area contributed by atoms with Gasteiger partial charge < -0.3 is 15.0 Å². The van der Waals surface area contributed by atoms with E-state index in [0.29, 0.717) is 0 Å². The van der Waals surface area contributed by atoms with Gasteiger partial charge in [-0.05, 0) is 42.7 Å². The summed E-state index contributed by atoms with van der Waals surface area (Å²) in [7, 11) is 3.78. The van der Waals surface area contributed by atoms with Gasteiger partial charge in [-0.1, -0.05) is 12.1 Å². The largest absolute Gasteiger partial charge is 0.497 e. The Morgan fingerprint density at radius 1 is 1.10 bits per heavy atom. The molecule has 3 rings (SSSR count). The molecular formula is C17H20N2O. The fourth-order valence-corrected chi connectivity index (χ4v) is 2.63. The van der Waals surface area contributed by atoms with Crippen LogP contribution in [0.2, 0.25) is 0 Å². The van der Waals surface area contributed by atoms with Crippen molar-refractivity contribution < 1.29 is 4.74 Å². The van der Waals surface area contributed by atoms with Crippen LogP contribution in [-0.2, 0) is 6.42 Å². The number of fused-ring (bicyclic) bond motifs is 1. The number of rotatable bonds is 3. The molecule has 0 spiro atoms. The third kappa shape index (κ3) is 2.44. The van der Waals surface area contributed by atoms with E-state index in [4.69, 9.17) is 4.74 Å². The van der Waals surface area contributed by atoms with Crippen molar-refractivity contribution >= 4 is 17.1 Å². The first-order chi connectivity index (χ1) is 9.78. The zero-order valence-electron chi connectivity index (χ0n) is 12.0. The van der Waals surface area contributed by atoms with Crippen molar-refractivity contribution in [1.82, 2.24) is 0 Å². The van der Waals surface area contributed by atoms with E-state index in [1.807, 2.05) is 18.2 Å². The Morgan fingerprint density at radius 2 is 1.95 bits per heavy atom. The number of nitrogens with one attached hydrogen (secondary N) is 1. The second-order valence-electron chi connectivity index (χ2n) is 5.13. The summed E-state index contributed by atoms with van der Waals surface area (Å²) in [5, 5.41) is 3.48. The number of hydrogen-bond acceptors (Lipinski definition) is 3. The third-order valence-electron chi connectivity index (χ3n) is 3.86. The van der Waals surface area contributed by atoms with E-state index in [1.165, 1.54) is 29.8 Å². The number of nitrogens with zero attached hydrogens (tertiary/aromatic N) is 1. The normalized spacial score (nSPS) is 13.3. The van der Waals surface area contributed by atoms with Crippen LogP contribution in [-0.4, -0.2) is 20.7 Å². The number of anilines is 3. The van der Waals surface area contributed by atoms with Crippen molar-refractivity contribution in [1.29, 1.82) is 0 Å². The third-order valence-corrected chi connectivity index (χ3v) is 3.86. The number of hydrogen-bond donors (Lipinski definition) is 1. The molecule has 3 nitrogen and oxygen atoms in total. The minimum absolute atomic E-state index is 0.880. The fraction of sp³-hybridized carbons (Fsp3) is 0.294. The smallest absolute Gasteiger partial charge is 0.120 e. The van der Waals surface area contributed by atoms with E-state index >= 15 is 0 Å². The average molecular weight is 268 g/mol. The van der Waals surface area contributed by atoms with Crippen molar-refractivity contribution in [2.75, 3.05) is 30.9 Å². The van der Waals surface area contributed by atoms with Crippen LogP contribution >= 0.6 is 0 Å². The van der Waals surface area contributed by atoms with Gasteiger partial charge >= 0.3 is 0 Å². The molecule has 0 fully saturated rings. The van der Waals surface area contributed by atoms with Gasteiger partial charge in [-0.15, -0.1) is 0 Å². The Morgan fingerprint density at radius 3 is 2.80 bits per heavy atom. The van der Waals surface area contributed by atoms with Gasteiger partial charge in [-0.3, -0.25) is 0 Å². The molecule has 0 amide bonds. The van der Waals surface area contributed by atoms with Gasteiger partial charge in [0.25, 0.3) is 0 Å². The summed E-state index contributed by atoms with van der Waals surface area (Å²) in [6, 6.07) is 14.8. The number of benzene rings is 2. The average Bonchev–Trinajstić information content (AvgIpc) is 2.53. The first kappa shape index (κ1) is 12.9. The van der Waals surface area contributed by atoms with Gasteiger partial charge in [0.05, 0.1) is 7.11 Å². The van der Waals surface area contributed by atoms with Gasteiger partial charge in [0.1, 0.15) is 5.75 Å². The highest BCUT2D eigenvalue weighted by Crippen LogP contribution is 2.31. The molecule has 3 heteroatoms. The predicted octanol–water partition coefficient (Wildman–Crippen LogP) is 3.82. The van der Waals surface area contributed by atoms with Crippen molar-refractivity contribution in [3.8, 4) is 5.75 Å². The quantitative estimate of drug-likeness (QED) is 0.915. The molecule has 0 bridgehead atoms. The number of methoxy groups -OCH3 is 1. The van der Waals surface area contributed by atoms with E-state index in [1.54, 1.807) is 7.11 Å². The Balaban J connectivity index is 1.91. The second-order valence-corrected chi connectivity index (χ2v) is 5.13. The van der Waals surface area contributed by atoms with Gasteiger partial charge in [-0.2, -0.15) is 0 Å². The molecule has 1 N–H and O–H groups in total. The van der Waals surface area contributed by atoms with Crippen LogP contribution in [0, 0.1) is 0 Å². The lowest BCUT2D eigenvalue weighted by Crippen LogP contribution is -2.14. The van der Waals surface area contributed by atoms with Crippen molar-refractivity contribution in [3.05, 3.63) is 48.0 Å². The van der Waals surface area contributed by atoms with E-state index in [-0.39, 0.29) is 0 Å². The summed E-state index contributed by atoms with van der Waals surface area (Å²) < 4.78 is 5.29. The molecule has 20 heavy (non-hydrogen) atoms. The fourth-order valence-electron chi connectivity index (χ4n) is 2.63. The second kappa shape index (κ2) is 5.45. The van der Waals surface area contributed by atoms with Crippen LogP contribution in [0.5, 0.6) is 5.75 Å². The van der Waals surface area contributed by atoms with Gasteiger partial charge in [0.2, 0.25) is 0 Å². The first-order valence-electron chi connectivity index (χ1n) is 7.02. The lowest BCUT2D eigenvalue weighted by molar-refractivity contribution is 0.415. The van der Waals surface area contributed by atoms with E-state index in [2.05, 4.69) is 41.5 Å². The van der Waals surface area contributed by atoms with Crippen molar-refractivity contribution in [2.45, 2.75) is 12.8 Å². The summed E-state index contributed by atoms with van der Waals surface area (Å²) >= 11 is 0. The molecule has 0 atom stereocenters. The maximum Gasteiger partial charge on any atom is 0.120 e. The lowest BCUT2D eigenvalue weighted by atomic mass is 10.0. The Hall–Kier alpha value is -2.16. The minimum atomic E-state index is 0.880. The molecule has 2 aromatic carbocycles. The highest BCUT2D eigenvalue weighted by atomic mass is 16.5. The maximum absolute atomic E-state index is 5.29. The predicted molar refractivity (Wildman–Crippen MR) is 84.3 cm³/mol. The van der Waals surface area contributed by atoms with E-state index in [0.717, 1.165) is 18.0 Å². The molecule has 1 aliphatic heterocycles. The Kier molecular flexibility index (Phi) is 3.50. The highest BCUT2D eigenvalue weighted by Gasteiger charge is 2.11. The van der Waals surface area contributed by atoms with E-state index < -0.39 is 0 Å². The monoisotopic (exact) mass is 268 g/mol. The molecular weight excluding hydrogens is 248 g/mol. The van der Waals surface area contributed by atoms with Gasteiger partial charge in [-0.25, -0.2) is 0 Å². The molecule has 0 unspecified atom stereocenters. The topological polar surface area (TPSA) is 24.5 Å². The number of ether oxygens (including phenoxy) is 1. The molecule has 0 saturated heterocycles. The Bertz CT molecular complexity index is 610. The van der Waals surface area contributed by atoms with Crippen molar-refractivity contribution in [3.63, 3.8) is 0 Å². The number of aryl methyl sites for hydroxylation is 1. The molecule has 0 radical (unpaired) electrons. The molecule has 104 valence electrons. The van der Waals surface area contributed by atoms with Gasteiger partial charge in [0.15, 0.2) is 0 Å². The molecule has 1 heterocycles. The molecule has 0 aliphatic carbocycles. The summed E-state index contributed by atoms with van der Waals surface area (Å²) in [4.78, 5) is 2.18. The van der Waals surface area contributed by atoms with Gasteiger partial charge in [0, 0.05) is 36.7 Å². The molecule has 0 saturated carbocycles. The summed E-state index contributed by atoms with van der Waals surface area (Å²) in [5.74, 6) is 0.880. The zero-order valence-corrected chi connectivity index (χ0v) is 12.0. The van der Waals surface area contributed by atoms with Crippen LogP contribution in [0.3, 0.4) is 0 Å². The zero-order chi connectivity index (χ0) is 13.9. The highest BCUT2D eigenvalue weighted by molar-refractivity contribution is 5.69. The SMILES string of the molecule is COc1cccc(N(C)c2ccc3c(c2)NCCC3)c1. The lowest BCUT2D eigenvalue weighted by Gasteiger charge is -2.24. The summed E-state index contributed by atoms with van der Waals surface area (Å²) in [5.41, 5.74) is 4.99. The Labute approximate surface area is 120 Å². The van der Waals surface area contributed by atoms with Crippen LogP contribution in [0.15, 0.2) is 42.5 Å². The first-order valence-corrected chi connectivity index (χ1v) is 7.02. The van der Waals surface area contributed by atoms with Crippen LogP contribution in [0.25, 0.3) is 0 Å². The summed E-state index contributed by atoms with van der Waals surface area (Å²) in [6.07, 6.45) is 2.39. The van der Waals surface area contributed by atoms with Crippen LogP contribution in [0.1, 0.15) is 12.0 Å². The van der Waals surface area contributed by atoms with Crippen LogP contribution < -0.4 is 15.0 Å².